The monoisotopic (exact) mass is 335 g/mol. The summed E-state index contributed by atoms with van der Waals surface area (Å²) >= 11 is 0. The third-order valence-electron chi connectivity index (χ3n) is 5.40. The molecule has 128 valence electrons. The molecule has 3 heterocycles. The summed E-state index contributed by atoms with van der Waals surface area (Å²) < 4.78 is 1.81. The Bertz CT molecular complexity index is 865. The summed E-state index contributed by atoms with van der Waals surface area (Å²) in [6, 6.07) is 6.27. The highest BCUT2D eigenvalue weighted by atomic mass is 16.1. The van der Waals surface area contributed by atoms with Gasteiger partial charge in [-0.3, -0.25) is 4.79 Å². The zero-order chi connectivity index (χ0) is 17.6. The predicted molar refractivity (Wildman–Crippen MR) is 93.2 cm³/mol. The van der Waals surface area contributed by atoms with Crippen molar-refractivity contribution in [1.29, 1.82) is 5.26 Å². The SMILES string of the molecule is Cc1cnn(-c2ccc(C(=O)N[C@@H]3C[C@@H]4CC[C@H]3N4C#N)c(C)c2)c1. The van der Waals surface area contributed by atoms with Gasteiger partial charge in [0.1, 0.15) is 0 Å². The molecule has 6 nitrogen and oxygen atoms in total. The lowest BCUT2D eigenvalue weighted by Gasteiger charge is -2.22. The van der Waals surface area contributed by atoms with Crippen LogP contribution in [0.25, 0.3) is 5.69 Å². The van der Waals surface area contributed by atoms with E-state index in [9.17, 15) is 10.1 Å². The molecule has 0 unspecified atom stereocenters. The molecule has 1 amide bonds. The number of aromatic nitrogens is 2. The highest BCUT2D eigenvalue weighted by molar-refractivity contribution is 5.96. The molecule has 1 aromatic heterocycles. The van der Waals surface area contributed by atoms with Gasteiger partial charge < -0.3 is 10.2 Å². The van der Waals surface area contributed by atoms with Crippen LogP contribution in [0.3, 0.4) is 0 Å². The van der Waals surface area contributed by atoms with Gasteiger partial charge in [0.2, 0.25) is 0 Å². The summed E-state index contributed by atoms with van der Waals surface area (Å²) in [7, 11) is 0. The van der Waals surface area contributed by atoms with Gasteiger partial charge in [-0.25, -0.2) is 4.68 Å². The minimum absolute atomic E-state index is 0.0591. The number of hydrogen-bond acceptors (Lipinski definition) is 4. The molecule has 0 spiro atoms. The van der Waals surface area contributed by atoms with E-state index in [1.807, 2.05) is 54.0 Å². The number of benzene rings is 1. The standard InChI is InChI=1S/C19H21N5O/c1-12-9-21-24(10-12)15-3-5-16(13(2)7-15)19(25)22-17-8-14-4-6-18(17)23(14)11-20/h3,5,7,9-10,14,17-18H,4,6,8H2,1-2H3,(H,22,25)/t14-,17+,18+/m0/s1. The molecule has 4 rings (SSSR count). The number of amides is 1. The van der Waals surface area contributed by atoms with E-state index in [0.717, 1.165) is 36.1 Å². The number of carbonyl (C=O) groups is 1. The average Bonchev–Trinajstić information content (AvgIpc) is 3.28. The number of hydrogen-bond donors (Lipinski definition) is 1. The van der Waals surface area contributed by atoms with Gasteiger partial charge in [-0.1, -0.05) is 0 Å². The van der Waals surface area contributed by atoms with Crippen LogP contribution in [0, 0.1) is 25.3 Å². The number of nitrogens with zero attached hydrogens (tertiary/aromatic N) is 4. The number of nitrogens with one attached hydrogen (secondary N) is 1. The maximum atomic E-state index is 12.7. The maximum Gasteiger partial charge on any atom is 0.251 e. The molecule has 1 aromatic carbocycles. The number of nitriles is 1. The molecular weight excluding hydrogens is 314 g/mol. The van der Waals surface area contributed by atoms with Gasteiger partial charge in [0, 0.05) is 17.8 Å². The Morgan fingerprint density at radius 2 is 2.20 bits per heavy atom. The summed E-state index contributed by atoms with van der Waals surface area (Å²) in [5, 5.41) is 16.7. The van der Waals surface area contributed by atoms with Crippen molar-refractivity contribution in [1.82, 2.24) is 20.0 Å². The van der Waals surface area contributed by atoms with Crippen molar-refractivity contribution in [2.75, 3.05) is 0 Å². The number of aryl methyl sites for hydroxylation is 2. The molecule has 1 N–H and O–H groups in total. The van der Waals surface area contributed by atoms with Crippen molar-refractivity contribution >= 4 is 5.91 Å². The van der Waals surface area contributed by atoms with Crippen LogP contribution in [-0.4, -0.2) is 38.7 Å². The van der Waals surface area contributed by atoms with E-state index >= 15 is 0 Å². The molecule has 0 saturated carbocycles. The van der Waals surface area contributed by atoms with Crippen molar-refractivity contribution < 1.29 is 4.79 Å². The van der Waals surface area contributed by atoms with Crippen LogP contribution in [0.15, 0.2) is 30.6 Å². The smallest absolute Gasteiger partial charge is 0.251 e. The lowest BCUT2D eigenvalue weighted by Crippen LogP contribution is -2.43. The Kier molecular flexibility index (Phi) is 3.72. The van der Waals surface area contributed by atoms with Crippen molar-refractivity contribution in [2.24, 2.45) is 0 Å². The van der Waals surface area contributed by atoms with E-state index < -0.39 is 0 Å². The van der Waals surface area contributed by atoms with Gasteiger partial charge in [0.15, 0.2) is 6.19 Å². The van der Waals surface area contributed by atoms with Gasteiger partial charge >= 0.3 is 0 Å². The van der Waals surface area contributed by atoms with Crippen LogP contribution in [0.1, 0.15) is 40.7 Å². The molecule has 25 heavy (non-hydrogen) atoms. The predicted octanol–water partition coefficient (Wildman–Crippen LogP) is 2.31. The molecule has 0 aliphatic carbocycles. The first kappa shape index (κ1) is 15.7. The molecule has 6 heteroatoms. The molecule has 2 aliphatic heterocycles. The van der Waals surface area contributed by atoms with Gasteiger partial charge in [-0.15, -0.1) is 0 Å². The molecule has 0 radical (unpaired) electrons. The molecule has 2 fully saturated rings. The second-order valence-corrected chi connectivity index (χ2v) is 7.08. The molecule has 2 aliphatic rings. The normalized spacial score (nSPS) is 24.4. The van der Waals surface area contributed by atoms with Crippen LogP contribution in [0.4, 0.5) is 0 Å². The van der Waals surface area contributed by atoms with Crippen LogP contribution in [0.5, 0.6) is 0 Å². The van der Waals surface area contributed by atoms with E-state index in [2.05, 4.69) is 16.6 Å². The van der Waals surface area contributed by atoms with E-state index in [1.54, 1.807) is 0 Å². The summed E-state index contributed by atoms with van der Waals surface area (Å²) in [6.45, 7) is 3.94. The summed E-state index contributed by atoms with van der Waals surface area (Å²) in [4.78, 5) is 14.6. The first-order valence-electron chi connectivity index (χ1n) is 8.68. The quantitative estimate of drug-likeness (QED) is 0.874. The number of carbonyl (C=O) groups excluding carboxylic acids is 1. The number of fused-ring (bicyclic) bond motifs is 2. The Morgan fingerprint density at radius 1 is 1.36 bits per heavy atom. The minimum atomic E-state index is -0.0591. The first-order valence-corrected chi connectivity index (χ1v) is 8.68. The Morgan fingerprint density at radius 3 is 2.84 bits per heavy atom. The van der Waals surface area contributed by atoms with Crippen molar-refractivity contribution in [3.05, 3.63) is 47.3 Å². The fraction of sp³-hybridized carbons (Fsp3) is 0.421. The van der Waals surface area contributed by atoms with Crippen LogP contribution < -0.4 is 5.32 Å². The highest BCUT2D eigenvalue weighted by Crippen LogP contribution is 2.37. The fourth-order valence-corrected chi connectivity index (χ4v) is 4.14. The highest BCUT2D eigenvalue weighted by Gasteiger charge is 2.46. The lowest BCUT2D eigenvalue weighted by atomic mass is 9.95. The van der Waals surface area contributed by atoms with E-state index in [0.29, 0.717) is 11.6 Å². The molecule has 2 saturated heterocycles. The lowest BCUT2D eigenvalue weighted by molar-refractivity contribution is 0.0928. The topological polar surface area (TPSA) is 74.0 Å². The van der Waals surface area contributed by atoms with Crippen LogP contribution in [0.2, 0.25) is 0 Å². The van der Waals surface area contributed by atoms with Gasteiger partial charge in [-0.05, 0) is 62.4 Å². The summed E-state index contributed by atoms with van der Waals surface area (Å²) in [5.74, 6) is -0.0591. The molecular formula is C19H21N5O. The maximum absolute atomic E-state index is 12.7. The molecule has 2 bridgehead atoms. The summed E-state index contributed by atoms with van der Waals surface area (Å²) in [6.07, 6.45) is 8.96. The van der Waals surface area contributed by atoms with Gasteiger partial charge in [0.05, 0.1) is 24.0 Å². The third kappa shape index (κ3) is 2.66. The third-order valence-corrected chi connectivity index (χ3v) is 5.40. The van der Waals surface area contributed by atoms with Crippen molar-refractivity contribution in [3.63, 3.8) is 0 Å². The average molecular weight is 335 g/mol. The van der Waals surface area contributed by atoms with Gasteiger partial charge in [0.25, 0.3) is 5.91 Å². The van der Waals surface area contributed by atoms with Crippen molar-refractivity contribution in [3.8, 4) is 11.9 Å². The zero-order valence-corrected chi connectivity index (χ0v) is 14.4. The summed E-state index contributed by atoms with van der Waals surface area (Å²) in [5.41, 5.74) is 3.64. The zero-order valence-electron chi connectivity index (χ0n) is 14.4. The van der Waals surface area contributed by atoms with Gasteiger partial charge in [-0.2, -0.15) is 10.4 Å². The Balaban J connectivity index is 1.50. The second kappa shape index (κ2) is 5.92. The van der Waals surface area contributed by atoms with Crippen molar-refractivity contribution in [2.45, 2.75) is 51.2 Å². The Labute approximate surface area is 147 Å². The molecule has 3 atom stereocenters. The van der Waals surface area contributed by atoms with E-state index in [4.69, 9.17) is 0 Å². The van der Waals surface area contributed by atoms with E-state index in [-0.39, 0.29) is 18.0 Å². The second-order valence-electron chi connectivity index (χ2n) is 7.08. The van der Waals surface area contributed by atoms with Crippen LogP contribution in [-0.2, 0) is 0 Å². The van der Waals surface area contributed by atoms with E-state index in [1.165, 1.54) is 0 Å². The number of rotatable bonds is 3. The molecule has 2 aromatic rings. The fourth-order valence-electron chi connectivity index (χ4n) is 4.14. The largest absolute Gasteiger partial charge is 0.347 e. The van der Waals surface area contributed by atoms with Crippen LogP contribution >= 0.6 is 0 Å². The Hall–Kier alpha value is -2.81. The first-order chi connectivity index (χ1) is 12.1. The minimum Gasteiger partial charge on any atom is -0.347 e.